The van der Waals surface area contributed by atoms with Crippen LogP contribution in [-0.4, -0.2) is 85.1 Å². The van der Waals surface area contributed by atoms with Gasteiger partial charge in [-0.05, 0) is 13.8 Å². The molecule has 0 bridgehead atoms. The van der Waals surface area contributed by atoms with E-state index in [0.29, 0.717) is 85.7 Å². The molecule has 0 aromatic rings. The number of rotatable bonds is 19. The van der Waals surface area contributed by atoms with E-state index in [1.165, 1.54) is 0 Å². The molecule has 0 rings (SSSR count). The highest BCUT2D eigenvalue weighted by atomic mass is 16.6. The van der Waals surface area contributed by atoms with Crippen LogP contribution >= 0.6 is 0 Å². The summed E-state index contributed by atoms with van der Waals surface area (Å²) in [5.41, 5.74) is 0. The summed E-state index contributed by atoms with van der Waals surface area (Å²) < 4.78 is 31.7. The van der Waals surface area contributed by atoms with Gasteiger partial charge in [0.2, 0.25) is 0 Å². The molecule has 0 aromatic heterocycles. The van der Waals surface area contributed by atoms with E-state index >= 15 is 0 Å². The van der Waals surface area contributed by atoms with Crippen LogP contribution in [-0.2, 0) is 33.2 Å². The van der Waals surface area contributed by atoms with Crippen LogP contribution in [0.3, 0.4) is 0 Å². The van der Waals surface area contributed by atoms with Crippen molar-refractivity contribution < 1.29 is 33.2 Å². The second kappa shape index (κ2) is 19.5. The minimum absolute atomic E-state index is 0.138. The van der Waals surface area contributed by atoms with Crippen LogP contribution in [0.5, 0.6) is 0 Å². The highest BCUT2D eigenvalue weighted by Gasteiger charge is 1.95. The van der Waals surface area contributed by atoms with Crippen LogP contribution in [0.15, 0.2) is 0 Å². The Hall–Kier alpha value is -0.570. The van der Waals surface area contributed by atoms with Crippen LogP contribution < -0.4 is 0 Å². The molecule has 0 saturated carbocycles. The van der Waals surface area contributed by atoms with Crippen molar-refractivity contribution in [3.05, 3.63) is 0 Å². The zero-order chi connectivity index (χ0) is 17.0. The van der Waals surface area contributed by atoms with Gasteiger partial charge in [-0.3, -0.25) is 4.79 Å². The second-order valence-electron chi connectivity index (χ2n) is 4.71. The topological polar surface area (TPSA) is 72.5 Å². The molecule has 0 N–H and O–H groups in total. The van der Waals surface area contributed by atoms with Crippen LogP contribution in [0.2, 0.25) is 0 Å². The molecule has 0 spiro atoms. The molecule has 0 fully saturated rings. The molecule has 23 heavy (non-hydrogen) atoms. The van der Waals surface area contributed by atoms with E-state index in [-0.39, 0.29) is 5.78 Å². The summed E-state index contributed by atoms with van der Waals surface area (Å²) in [5, 5.41) is 0. The third-order valence-corrected chi connectivity index (χ3v) is 2.66. The van der Waals surface area contributed by atoms with Gasteiger partial charge in [0.05, 0.1) is 72.7 Å². The van der Waals surface area contributed by atoms with Crippen molar-refractivity contribution >= 4 is 5.78 Å². The third-order valence-electron chi connectivity index (χ3n) is 2.66. The first-order valence-corrected chi connectivity index (χ1v) is 8.23. The molecule has 7 heteroatoms. The lowest BCUT2D eigenvalue weighted by Gasteiger charge is -2.08. The minimum Gasteiger partial charge on any atom is -0.379 e. The van der Waals surface area contributed by atoms with Crippen molar-refractivity contribution in [3.63, 3.8) is 0 Å². The van der Waals surface area contributed by atoms with E-state index in [9.17, 15) is 4.79 Å². The molecule has 138 valence electrons. The van der Waals surface area contributed by atoms with E-state index in [1.54, 1.807) is 6.92 Å². The first-order chi connectivity index (χ1) is 11.3. The van der Waals surface area contributed by atoms with Crippen molar-refractivity contribution in [2.75, 3.05) is 79.3 Å². The third kappa shape index (κ3) is 21.4. The van der Waals surface area contributed by atoms with Gasteiger partial charge in [0, 0.05) is 13.0 Å². The summed E-state index contributed by atoms with van der Waals surface area (Å²) in [6.45, 7) is 10.2. The molecule has 0 aromatic carbocycles. The smallest absolute Gasteiger partial charge is 0.132 e. The molecule has 7 nitrogen and oxygen atoms in total. The second-order valence-corrected chi connectivity index (χ2v) is 4.71. The SMILES string of the molecule is CCOCCOCCOCCOCCOCCOCCC(C)=O. The number of Topliss-reactive ketones (excluding diaryl/α,β-unsaturated/α-hetero) is 1. The first kappa shape index (κ1) is 22.4. The number of hydrogen-bond acceptors (Lipinski definition) is 7. The highest BCUT2D eigenvalue weighted by Crippen LogP contribution is 1.86. The van der Waals surface area contributed by atoms with Crippen LogP contribution in [0.1, 0.15) is 20.3 Å². The summed E-state index contributed by atoms with van der Waals surface area (Å²) >= 11 is 0. The van der Waals surface area contributed by atoms with Crippen LogP contribution in [0, 0.1) is 0 Å². The van der Waals surface area contributed by atoms with Gasteiger partial charge >= 0.3 is 0 Å². The Labute approximate surface area is 139 Å². The lowest BCUT2D eigenvalue weighted by molar-refractivity contribution is -0.118. The number of carbonyl (C=O) groups is 1. The Kier molecular flexibility index (Phi) is 19.0. The van der Waals surface area contributed by atoms with E-state index in [1.807, 2.05) is 6.92 Å². The molecular formula is C16H32O7. The predicted octanol–water partition coefficient (Wildman–Crippen LogP) is 1.09. The van der Waals surface area contributed by atoms with Crippen molar-refractivity contribution in [1.82, 2.24) is 0 Å². The quantitative estimate of drug-likeness (QED) is 0.327. The average molecular weight is 336 g/mol. The summed E-state index contributed by atoms with van der Waals surface area (Å²) in [7, 11) is 0. The summed E-state index contributed by atoms with van der Waals surface area (Å²) in [5.74, 6) is 0.138. The van der Waals surface area contributed by atoms with E-state index in [4.69, 9.17) is 28.4 Å². The molecule has 0 aliphatic rings. The molecule has 0 atom stereocenters. The fourth-order valence-electron chi connectivity index (χ4n) is 1.46. The maximum Gasteiger partial charge on any atom is 0.132 e. The van der Waals surface area contributed by atoms with E-state index in [2.05, 4.69) is 0 Å². The Balaban J connectivity index is 2.96. The van der Waals surface area contributed by atoms with Crippen molar-refractivity contribution in [1.29, 1.82) is 0 Å². The van der Waals surface area contributed by atoms with Crippen molar-refractivity contribution in [2.45, 2.75) is 20.3 Å². The Morgan fingerprint density at radius 3 is 1.17 bits per heavy atom. The van der Waals surface area contributed by atoms with Gasteiger partial charge in [-0.1, -0.05) is 0 Å². The van der Waals surface area contributed by atoms with Gasteiger partial charge in [0.25, 0.3) is 0 Å². The fourth-order valence-corrected chi connectivity index (χ4v) is 1.46. The molecule has 0 heterocycles. The monoisotopic (exact) mass is 336 g/mol. The molecular weight excluding hydrogens is 304 g/mol. The molecule has 0 aliphatic heterocycles. The fraction of sp³-hybridized carbons (Fsp3) is 0.938. The zero-order valence-electron chi connectivity index (χ0n) is 14.6. The maximum absolute atomic E-state index is 10.7. The number of hydrogen-bond donors (Lipinski definition) is 0. The molecule has 0 amide bonds. The van der Waals surface area contributed by atoms with Crippen LogP contribution in [0.4, 0.5) is 0 Å². The van der Waals surface area contributed by atoms with Gasteiger partial charge in [-0.2, -0.15) is 0 Å². The molecule has 0 radical (unpaired) electrons. The highest BCUT2D eigenvalue weighted by molar-refractivity contribution is 5.75. The van der Waals surface area contributed by atoms with Gasteiger partial charge in [0.1, 0.15) is 5.78 Å². The summed E-state index contributed by atoms with van der Waals surface area (Å²) in [4.78, 5) is 10.7. The average Bonchev–Trinajstić information content (AvgIpc) is 2.53. The number of carbonyl (C=O) groups excluding carboxylic acids is 1. The Bertz CT molecular complexity index is 249. The minimum atomic E-state index is 0.138. The van der Waals surface area contributed by atoms with Crippen molar-refractivity contribution in [2.24, 2.45) is 0 Å². The van der Waals surface area contributed by atoms with Crippen molar-refractivity contribution in [3.8, 4) is 0 Å². The first-order valence-electron chi connectivity index (χ1n) is 8.23. The molecule has 0 saturated heterocycles. The molecule has 0 aliphatic carbocycles. The number of ketones is 1. The standard InChI is InChI=1S/C16H32O7/c1-3-18-6-7-20-10-11-22-14-15-23-13-12-21-9-8-19-5-4-16(2)17/h3-15H2,1-2H3. The lowest BCUT2D eigenvalue weighted by atomic mass is 10.3. The summed E-state index contributed by atoms with van der Waals surface area (Å²) in [6, 6.07) is 0. The zero-order valence-corrected chi connectivity index (χ0v) is 14.6. The summed E-state index contributed by atoms with van der Waals surface area (Å²) in [6.07, 6.45) is 0.459. The van der Waals surface area contributed by atoms with E-state index < -0.39 is 0 Å². The van der Waals surface area contributed by atoms with Gasteiger partial charge in [-0.15, -0.1) is 0 Å². The van der Waals surface area contributed by atoms with Gasteiger partial charge in [0.15, 0.2) is 0 Å². The largest absolute Gasteiger partial charge is 0.379 e. The lowest BCUT2D eigenvalue weighted by Crippen LogP contribution is -2.14. The van der Waals surface area contributed by atoms with Crippen LogP contribution in [0.25, 0.3) is 0 Å². The van der Waals surface area contributed by atoms with E-state index in [0.717, 1.165) is 0 Å². The van der Waals surface area contributed by atoms with Gasteiger partial charge in [-0.25, -0.2) is 0 Å². The number of ether oxygens (including phenoxy) is 6. The predicted molar refractivity (Wildman–Crippen MR) is 85.9 cm³/mol. The maximum atomic E-state index is 10.7. The normalized spacial score (nSPS) is 11.0. The van der Waals surface area contributed by atoms with Gasteiger partial charge < -0.3 is 28.4 Å². The Morgan fingerprint density at radius 2 is 0.870 bits per heavy atom. The Morgan fingerprint density at radius 1 is 0.565 bits per heavy atom. The molecule has 0 unspecified atom stereocenters.